The molecule has 0 bridgehead atoms. The molecular formula is C15H22N2O2S. The molecule has 1 atom stereocenters. The molecule has 0 aromatic heterocycles. The molecule has 1 unspecified atom stereocenters. The number of thioether (sulfide) groups is 1. The molecule has 1 amide bonds. The van der Waals surface area contributed by atoms with Crippen molar-refractivity contribution in [3.05, 3.63) is 24.3 Å². The number of primary amides is 1. The number of nitrogens with two attached hydrogens (primary N) is 1. The summed E-state index contributed by atoms with van der Waals surface area (Å²) in [6.45, 7) is 4.19. The molecule has 110 valence electrons. The monoisotopic (exact) mass is 294 g/mol. The quantitative estimate of drug-likeness (QED) is 0.895. The second-order valence-electron chi connectivity index (χ2n) is 5.78. The van der Waals surface area contributed by atoms with Crippen molar-refractivity contribution < 1.29 is 9.53 Å². The first-order valence-electron chi connectivity index (χ1n) is 6.72. The van der Waals surface area contributed by atoms with E-state index in [0.29, 0.717) is 5.75 Å². The lowest BCUT2D eigenvalue weighted by atomic mass is 9.70. The maximum Gasteiger partial charge on any atom is 0.244 e. The Kier molecular flexibility index (Phi) is 4.18. The largest absolute Gasteiger partial charge is 0.495 e. The fraction of sp³-hybridized carbons (Fsp3) is 0.533. The molecule has 20 heavy (non-hydrogen) atoms. The van der Waals surface area contributed by atoms with Crippen LogP contribution in [0.3, 0.4) is 0 Å². The SMILES string of the molecule is COc1ccccc1NC1(C(N)=O)CSCCC1(C)C. The molecule has 1 saturated heterocycles. The lowest BCUT2D eigenvalue weighted by Gasteiger charge is -2.48. The fourth-order valence-electron chi connectivity index (χ4n) is 2.61. The molecule has 4 nitrogen and oxygen atoms in total. The maximum atomic E-state index is 12.2. The first-order chi connectivity index (χ1) is 9.43. The molecule has 0 saturated carbocycles. The first kappa shape index (κ1) is 15.0. The van der Waals surface area contributed by atoms with Crippen LogP contribution in [-0.2, 0) is 4.79 Å². The van der Waals surface area contributed by atoms with Crippen LogP contribution >= 0.6 is 11.8 Å². The van der Waals surface area contributed by atoms with Crippen molar-refractivity contribution in [1.82, 2.24) is 0 Å². The minimum atomic E-state index is -0.759. The van der Waals surface area contributed by atoms with Gasteiger partial charge in [0.2, 0.25) is 5.91 Å². The van der Waals surface area contributed by atoms with E-state index in [9.17, 15) is 4.79 Å². The van der Waals surface area contributed by atoms with E-state index in [4.69, 9.17) is 10.5 Å². The molecule has 5 heteroatoms. The average molecular weight is 294 g/mol. The standard InChI is InChI=1S/C15H22N2O2S/c1-14(2)8-9-20-10-15(14,13(16)18)17-11-6-4-5-7-12(11)19-3/h4-7,17H,8-10H2,1-3H3,(H2,16,18). The van der Waals surface area contributed by atoms with Gasteiger partial charge in [-0.1, -0.05) is 26.0 Å². The summed E-state index contributed by atoms with van der Waals surface area (Å²) in [6.07, 6.45) is 0.947. The van der Waals surface area contributed by atoms with Gasteiger partial charge < -0.3 is 15.8 Å². The van der Waals surface area contributed by atoms with Crippen molar-refractivity contribution in [2.24, 2.45) is 11.1 Å². The third kappa shape index (κ3) is 2.46. The van der Waals surface area contributed by atoms with E-state index in [-0.39, 0.29) is 11.3 Å². The molecular weight excluding hydrogens is 272 g/mol. The van der Waals surface area contributed by atoms with Gasteiger partial charge in [-0.25, -0.2) is 0 Å². The molecule has 1 heterocycles. The molecule has 1 aliphatic heterocycles. The van der Waals surface area contributed by atoms with Crippen LogP contribution in [0.25, 0.3) is 0 Å². The summed E-state index contributed by atoms with van der Waals surface area (Å²) >= 11 is 1.76. The second kappa shape index (κ2) is 5.56. The summed E-state index contributed by atoms with van der Waals surface area (Å²) in [5, 5.41) is 3.38. The third-order valence-corrected chi connectivity index (χ3v) is 5.35. The molecule has 0 radical (unpaired) electrons. The van der Waals surface area contributed by atoms with Crippen molar-refractivity contribution in [3.63, 3.8) is 0 Å². The van der Waals surface area contributed by atoms with E-state index in [1.165, 1.54) is 0 Å². The Balaban J connectivity index is 2.41. The van der Waals surface area contributed by atoms with Crippen LogP contribution in [0.15, 0.2) is 24.3 Å². The van der Waals surface area contributed by atoms with E-state index >= 15 is 0 Å². The number of ether oxygens (including phenoxy) is 1. The van der Waals surface area contributed by atoms with Crippen LogP contribution < -0.4 is 15.8 Å². The number of rotatable bonds is 4. The van der Waals surface area contributed by atoms with Gasteiger partial charge in [0.05, 0.1) is 12.8 Å². The fourth-order valence-corrected chi connectivity index (χ4v) is 4.32. The zero-order valence-corrected chi connectivity index (χ0v) is 13.0. The van der Waals surface area contributed by atoms with Crippen molar-refractivity contribution in [1.29, 1.82) is 0 Å². The van der Waals surface area contributed by atoms with Crippen LogP contribution in [-0.4, -0.2) is 30.1 Å². The van der Waals surface area contributed by atoms with E-state index < -0.39 is 5.54 Å². The number of anilines is 1. The van der Waals surface area contributed by atoms with E-state index in [0.717, 1.165) is 23.6 Å². The minimum absolute atomic E-state index is 0.203. The number of nitrogens with one attached hydrogen (secondary N) is 1. The molecule has 1 fully saturated rings. The number of carbonyl (C=O) groups excluding carboxylic acids is 1. The minimum Gasteiger partial charge on any atom is -0.495 e. The lowest BCUT2D eigenvalue weighted by molar-refractivity contribution is -0.125. The summed E-state index contributed by atoms with van der Waals surface area (Å²) < 4.78 is 5.36. The van der Waals surface area contributed by atoms with Gasteiger partial charge in [-0.15, -0.1) is 0 Å². The van der Waals surface area contributed by atoms with E-state index in [2.05, 4.69) is 19.2 Å². The number of benzene rings is 1. The van der Waals surface area contributed by atoms with Crippen LogP contribution in [0.2, 0.25) is 0 Å². The molecule has 0 spiro atoms. The van der Waals surface area contributed by atoms with Gasteiger partial charge in [-0.3, -0.25) is 4.79 Å². The number of hydrogen-bond donors (Lipinski definition) is 2. The smallest absolute Gasteiger partial charge is 0.244 e. The van der Waals surface area contributed by atoms with Gasteiger partial charge in [0.1, 0.15) is 11.3 Å². The van der Waals surface area contributed by atoms with Crippen LogP contribution in [0, 0.1) is 5.41 Å². The molecule has 1 aromatic rings. The van der Waals surface area contributed by atoms with Crippen LogP contribution in [0.4, 0.5) is 5.69 Å². The number of para-hydroxylation sites is 2. The predicted octanol–water partition coefficient (Wildman–Crippen LogP) is 2.49. The highest BCUT2D eigenvalue weighted by Crippen LogP contribution is 2.45. The summed E-state index contributed by atoms with van der Waals surface area (Å²) in [6, 6.07) is 7.61. The molecule has 0 aliphatic carbocycles. The Hall–Kier alpha value is -1.36. The van der Waals surface area contributed by atoms with Gasteiger partial charge in [0.15, 0.2) is 0 Å². The Morgan fingerprint density at radius 2 is 2.10 bits per heavy atom. The summed E-state index contributed by atoms with van der Waals surface area (Å²) in [5.74, 6) is 2.14. The highest BCUT2D eigenvalue weighted by molar-refractivity contribution is 7.99. The van der Waals surface area contributed by atoms with Gasteiger partial charge in [-0.2, -0.15) is 11.8 Å². The van der Waals surface area contributed by atoms with Crippen molar-refractivity contribution in [3.8, 4) is 5.75 Å². The zero-order valence-electron chi connectivity index (χ0n) is 12.2. The van der Waals surface area contributed by atoms with Gasteiger partial charge in [0, 0.05) is 5.75 Å². The summed E-state index contributed by atoms with van der Waals surface area (Å²) in [5.41, 5.74) is 5.61. The lowest BCUT2D eigenvalue weighted by Crippen LogP contribution is -2.63. The topological polar surface area (TPSA) is 64.3 Å². The second-order valence-corrected chi connectivity index (χ2v) is 6.89. The first-order valence-corrected chi connectivity index (χ1v) is 7.87. The van der Waals surface area contributed by atoms with Crippen LogP contribution in [0.1, 0.15) is 20.3 Å². The van der Waals surface area contributed by atoms with Crippen LogP contribution in [0.5, 0.6) is 5.75 Å². The normalized spacial score (nSPS) is 24.9. The summed E-state index contributed by atoms with van der Waals surface area (Å²) in [7, 11) is 1.62. The van der Waals surface area contributed by atoms with Gasteiger partial charge in [0.25, 0.3) is 0 Å². The Morgan fingerprint density at radius 1 is 1.40 bits per heavy atom. The van der Waals surface area contributed by atoms with E-state index in [1.807, 2.05) is 24.3 Å². The molecule has 1 aliphatic rings. The van der Waals surface area contributed by atoms with Crippen molar-refractivity contribution >= 4 is 23.4 Å². The Labute approximate surface area is 124 Å². The predicted molar refractivity (Wildman–Crippen MR) is 84.3 cm³/mol. The van der Waals surface area contributed by atoms with Crippen molar-refractivity contribution in [2.45, 2.75) is 25.8 Å². The number of hydrogen-bond acceptors (Lipinski definition) is 4. The van der Waals surface area contributed by atoms with Gasteiger partial charge in [-0.05, 0) is 29.7 Å². The Bertz CT molecular complexity index is 504. The number of amides is 1. The summed E-state index contributed by atoms with van der Waals surface area (Å²) in [4.78, 5) is 12.2. The number of methoxy groups -OCH3 is 1. The number of carbonyl (C=O) groups is 1. The highest BCUT2D eigenvalue weighted by atomic mass is 32.2. The highest BCUT2D eigenvalue weighted by Gasteiger charge is 2.52. The zero-order chi connectivity index (χ0) is 14.8. The average Bonchev–Trinajstić information content (AvgIpc) is 2.41. The molecule has 3 N–H and O–H groups in total. The van der Waals surface area contributed by atoms with Gasteiger partial charge >= 0.3 is 0 Å². The Morgan fingerprint density at radius 3 is 2.70 bits per heavy atom. The third-order valence-electron chi connectivity index (χ3n) is 4.22. The molecule has 2 rings (SSSR count). The van der Waals surface area contributed by atoms with Crippen molar-refractivity contribution in [2.75, 3.05) is 23.9 Å². The molecule has 1 aromatic carbocycles. The maximum absolute atomic E-state index is 12.2. The van der Waals surface area contributed by atoms with E-state index in [1.54, 1.807) is 18.9 Å².